The lowest BCUT2D eigenvalue weighted by molar-refractivity contribution is 0.181. The molecule has 2 aromatic rings. The molecular weight excluding hydrogens is 244 g/mol. The zero-order valence-electron chi connectivity index (χ0n) is 10.8. The molecule has 100 valence electrons. The largest absolute Gasteiger partial charge is 0.378 e. The molecule has 0 unspecified atom stereocenters. The third-order valence-electron chi connectivity index (χ3n) is 2.62. The molecule has 0 amide bonds. The first-order chi connectivity index (χ1) is 9.35. The van der Waals surface area contributed by atoms with E-state index in [1.165, 1.54) is 6.33 Å². The predicted octanol–water partition coefficient (Wildman–Crippen LogP) is 1.38. The van der Waals surface area contributed by atoms with Crippen LogP contribution >= 0.6 is 0 Å². The van der Waals surface area contributed by atoms with Gasteiger partial charge in [0.2, 0.25) is 0 Å². The quantitative estimate of drug-likeness (QED) is 0.756. The van der Waals surface area contributed by atoms with Crippen molar-refractivity contribution in [2.45, 2.75) is 25.9 Å². The SMILES string of the molecule is COCc1cc(NCCCCC#N)n2ncnc2n1. The normalized spacial score (nSPS) is 10.5. The van der Waals surface area contributed by atoms with Crippen LogP contribution in [0.4, 0.5) is 5.82 Å². The fraction of sp³-hybridized carbons (Fsp3) is 0.500. The molecule has 19 heavy (non-hydrogen) atoms. The van der Waals surface area contributed by atoms with E-state index in [0.29, 0.717) is 18.8 Å². The summed E-state index contributed by atoms with van der Waals surface area (Å²) in [7, 11) is 1.63. The maximum atomic E-state index is 8.48. The lowest BCUT2D eigenvalue weighted by atomic mass is 10.2. The lowest BCUT2D eigenvalue weighted by Gasteiger charge is -2.09. The number of rotatable bonds is 7. The highest BCUT2D eigenvalue weighted by molar-refractivity contribution is 5.44. The highest BCUT2D eigenvalue weighted by Gasteiger charge is 2.06. The molecule has 0 fully saturated rings. The molecule has 2 heterocycles. The Labute approximate surface area is 111 Å². The first kappa shape index (κ1) is 13.2. The van der Waals surface area contributed by atoms with Gasteiger partial charge in [-0.2, -0.15) is 19.9 Å². The van der Waals surface area contributed by atoms with Crippen LogP contribution in [0.3, 0.4) is 0 Å². The molecule has 2 aromatic heterocycles. The van der Waals surface area contributed by atoms with Gasteiger partial charge < -0.3 is 10.1 Å². The Balaban J connectivity index is 2.07. The highest BCUT2D eigenvalue weighted by Crippen LogP contribution is 2.11. The van der Waals surface area contributed by atoms with Crippen molar-refractivity contribution >= 4 is 11.6 Å². The maximum Gasteiger partial charge on any atom is 0.254 e. The average molecular weight is 260 g/mol. The first-order valence-corrected chi connectivity index (χ1v) is 6.14. The molecule has 0 aliphatic heterocycles. The molecule has 0 atom stereocenters. The van der Waals surface area contributed by atoms with Crippen LogP contribution in [-0.2, 0) is 11.3 Å². The fourth-order valence-corrected chi connectivity index (χ4v) is 1.75. The van der Waals surface area contributed by atoms with Crippen molar-refractivity contribution in [3.63, 3.8) is 0 Å². The van der Waals surface area contributed by atoms with Gasteiger partial charge in [0.1, 0.15) is 12.1 Å². The maximum absolute atomic E-state index is 8.48. The van der Waals surface area contributed by atoms with Crippen molar-refractivity contribution in [3.8, 4) is 6.07 Å². The third kappa shape index (κ3) is 3.39. The summed E-state index contributed by atoms with van der Waals surface area (Å²) in [6.45, 7) is 1.22. The molecular formula is C12H16N6O. The van der Waals surface area contributed by atoms with Gasteiger partial charge in [0.05, 0.1) is 18.4 Å². The second-order valence-electron chi connectivity index (χ2n) is 4.08. The van der Waals surface area contributed by atoms with Gasteiger partial charge in [-0.15, -0.1) is 0 Å². The van der Waals surface area contributed by atoms with Crippen molar-refractivity contribution in [2.24, 2.45) is 0 Å². The van der Waals surface area contributed by atoms with Gasteiger partial charge >= 0.3 is 0 Å². The van der Waals surface area contributed by atoms with Gasteiger partial charge in [0.15, 0.2) is 0 Å². The molecule has 0 aliphatic rings. The van der Waals surface area contributed by atoms with Crippen LogP contribution in [0.1, 0.15) is 25.0 Å². The van der Waals surface area contributed by atoms with Crippen LogP contribution in [0, 0.1) is 11.3 Å². The van der Waals surface area contributed by atoms with Gasteiger partial charge in [0, 0.05) is 26.1 Å². The van der Waals surface area contributed by atoms with E-state index in [4.69, 9.17) is 10.00 Å². The van der Waals surface area contributed by atoms with Crippen LogP contribution in [-0.4, -0.2) is 33.2 Å². The number of nitrogens with zero attached hydrogens (tertiary/aromatic N) is 5. The van der Waals surface area contributed by atoms with E-state index in [-0.39, 0.29) is 0 Å². The minimum Gasteiger partial charge on any atom is -0.378 e. The summed E-state index contributed by atoms with van der Waals surface area (Å²) in [4.78, 5) is 8.41. The summed E-state index contributed by atoms with van der Waals surface area (Å²) >= 11 is 0. The monoisotopic (exact) mass is 260 g/mol. The molecule has 2 rings (SSSR count). The van der Waals surface area contributed by atoms with E-state index >= 15 is 0 Å². The van der Waals surface area contributed by atoms with Crippen molar-refractivity contribution in [1.29, 1.82) is 5.26 Å². The van der Waals surface area contributed by atoms with Crippen molar-refractivity contribution < 1.29 is 4.74 Å². The van der Waals surface area contributed by atoms with E-state index in [0.717, 1.165) is 30.9 Å². The number of nitrogens with one attached hydrogen (secondary N) is 1. The average Bonchev–Trinajstić information content (AvgIpc) is 2.87. The van der Waals surface area contributed by atoms with Gasteiger partial charge in [-0.25, -0.2) is 4.98 Å². The van der Waals surface area contributed by atoms with Crippen LogP contribution < -0.4 is 5.32 Å². The molecule has 0 bridgehead atoms. The lowest BCUT2D eigenvalue weighted by Crippen LogP contribution is -2.09. The molecule has 0 saturated carbocycles. The topological polar surface area (TPSA) is 88.1 Å². The Morgan fingerprint density at radius 3 is 3.16 bits per heavy atom. The Bertz CT molecular complexity index is 573. The molecule has 7 nitrogen and oxygen atoms in total. The van der Waals surface area contributed by atoms with E-state index in [9.17, 15) is 0 Å². The molecule has 0 aliphatic carbocycles. The summed E-state index contributed by atoms with van der Waals surface area (Å²) in [5, 5.41) is 15.9. The summed E-state index contributed by atoms with van der Waals surface area (Å²) < 4.78 is 6.74. The Hall–Kier alpha value is -2.20. The number of anilines is 1. The van der Waals surface area contributed by atoms with E-state index < -0.39 is 0 Å². The van der Waals surface area contributed by atoms with Gasteiger partial charge in [-0.3, -0.25) is 0 Å². The third-order valence-corrected chi connectivity index (χ3v) is 2.62. The molecule has 0 radical (unpaired) electrons. The number of hydrogen-bond acceptors (Lipinski definition) is 6. The van der Waals surface area contributed by atoms with Crippen molar-refractivity contribution in [3.05, 3.63) is 18.1 Å². The number of methoxy groups -OCH3 is 1. The summed E-state index contributed by atoms with van der Waals surface area (Å²) in [6.07, 6.45) is 3.89. The predicted molar refractivity (Wildman–Crippen MR) is 69.4 cm³/mol. The zero-order chi connectivity index (χ0) is 13.5. The fourth-order valence-electron chi connectivity index (χ4n) is 1.75. The molecule has 0 aromatic carbocycles. The molecule has 7 heteroatoms. The van der Waals surface area contributed by atoms with Gasteiger partial charge in [-0.05, 0) is 12.8 Å². The Morgan fingerprint density at radius 2 is 2.37 bits per heavy atom. The number of fused-ring (bicyclic) bond motifs is 1. The molecule has 0 saturated heterocycles. The minimum atomic E-state index is 0.437. The Kier molecular flexibility index (Phi) is 4.64. The highest BCUT2D eigenvalue weighted by atomic mass is 16.5. The molecule has 0 spiro atoms. The number of aromatic nitrogens is 4. The van der Waals surface area contributed by atoms with Crippen LogP contribution in [0.25, 0.3) is 5.78 Å². The number of nitriles is 1. The second kappa shape index (κ2) is 6.66. The Morgan fingerprint density at radius 1 is 1.47 bits per heavy atom. The van der Waals surface area contributed by atoms with Crippen molar-refractivity contribution in [2.75, 3.05) is 19.0 Å². The second-order valence-corrected chi connectivity index (χ2v) is 4.08. The van der Waals surface area contributed by atoms with E-state index in [1.807, 2.05) is 6.07 Å². The number of ether oxygens (including phenoxy) is 1. The summed E-state index contributed by atoms with van der Waals surface area (Å²) in [5.74, 6) is 1.39. The summed E-state index contributed by atoms with van der Waals surface area (Å²) in [5.41, 5.74) is 0.808. The molecule has 1 N–H and O–H groups in total. The summed E-state index contributed by atoms with van der Waals surface area (Å²) in [6, 6.07) is 4.03. The van der Waals surface area contributed by atoms with E-state index in [2.05, 4.69) is 26.5 Å². The van der Waals surface area contributed by atoms with Crippen LogP contribution in [0.2, 0.25) is 0 Å². The standard InChI is InChI=1S/C12H16N6O/c1-19-8-10-7-11(14-6-4-2-3-5-13)18-12(17-10)15-9-16-18/h7,9,14H,2-4,6,8H2,1H3. The number of hydrogen-bond donors (Lipinski definition) is 1. The van der Waals surface area contributed by atoms with E-state index in [1.54, 1.807) is 11.6 Å². The van der Waals surface area contributed by atoms with Crippen molar-refractivity contribution in [1.82, 2.24) is 19.6 Å². The minimum absolute atomic E-state index is 0.437. The van der Waals surface area contributed by atoms with Crippen LogP contribution in [0.5, 0.6) is 0 Å². The van der Waals surface area contributed by atoms with Gasteiger partial charge in [0.25, 0.3) is 5.78 Å². The number of unbranched alkanes of at least 4 members (excludes halogenated alkanes) is 2. The first-order valence-electron chi connectivity index (χ1n) is 6.14. The van der Waals surface area contributed by atoms with Crippen LogP contribution in [0.15, 0.2) is 12.4 Å². The zero-order valence-corrected chi connectivity index (χ0v) is 10.8. The van der Waals surface area contributed by atoms with Gasteiger partial charge in [-0.1, -0.05) is 0 Å². The smallest absolute Gasteiger partial charge is 0.254 e.